The highest BCUT2D eigenvalue weighted by Gasteiger charge is 2.13. The van der Waals surface area contributed by atoms with E-state index < -0.39 is 11.9 Å². The molecule has 2 aromatic carbocycles. The lowest BCUT2D eigenvalue weighted by Crippen LogP contribution is -2.24. The van der Waals surface area contributed by atoms with Gasteiger partial charge in [0.05, 0.1) is 0 Å². The van der Waals surface area contributed by atoms with E-state index in [0.717, 1.165) is 32.7 Å². The van der Waals surface area contributed by atoms with Gasteiger partial charge in [-0.3, -0.25) is 4.79 Å². The molecule has 1 aromatic heterocycles. The van der Waals surface area contributed by atoms with Crippen molar-refractivity contribution in [2.45, 2.75) is 27.3 Å². The van der Waals surface area contributed by atoms with Crippen LogP contribution in [0.15, 0.2) is 42.5 Å². The molecule has 3 rings (SSSR count). The van der Waals surface area contributed by atoms with Crippen LogP contribution in [-0.2, 0) is 20.9 Å². The summed E-state index contributed by atoms with van der Waals surface area (Å²) in [6.45, 7) is 5.18. The van der Waals surface area contributed by atoms with Crippen LogP contribution in [0.1, 0.15) is 16.7 Å². The summed E-state index contributed by atoms with van der Waals surface area (Å²) < 4.78 is 5.01. The van der Waals surface area contributed by atoms with Crippen molar-refractivity contribution in [3.8, 4) is 11.4 Å². The van der Waals surface area contributed by atoms with Crippen molar-refractivity contribution in [3.05, 3.63) is 59.2 Å². The van der Waals surface area contributed by atoms with Crippen molar-refractivity contribution in [1.82, 2.24) is 20.2 Å². The van der Waals surface area contributed by atoms with Gasteiger partial charge in [0.25, 0.3) is 5.91 Å². The number of aryl methyl sites for hydroxylation is 3. The van der Waals surface area contributed by atoms with Crippen LogP contribution in [0.4, 0.5) is 5.69 Å². The van der Waals surface area contributed by atoms with Crippen LogP contribution in [0, 0.1) is 20.8 Å². The van der Waals surface area contributed by atoms with Crippen LogP contribution in [0.5, 0.6) is 0 Å². The topological polar surface area (TPSA) is 99.0 Å². The van der Waals surface area contributed by atoms with Gasteiger partial charge in [-0.1, -0.05) is 48.0 Å². The smallest absolute Gasteiger partial charge is 0.330 e. The lowest BCUT2D eigenvalue weighted by molar-refractivity contribution is -0.148. The van der Waals surface area contributed by atoms with Crippen LogP contribution in [-0.4, -0.2) is 38.7 Å². The Hall–Kier alpha value is -3.55. The van der Waals surface area contributed by atoms with E-state index in [2.05, 4.69) is 20.7 Å². The van der Waals surface area contributed by atoms with Crippen LogP contribution in [0.3, 0.4) is 0 Å². The average Bonchev–Trinajstić information content (AvgIpc) is 3.12. The number of benzene rings is 2. The van der Waals surface area contributed by atoms with Crippen molar-refractivity contribution in [1.29, 1.82) is 0 Å². The monoisotopic (exact) mass is 379 g/mol. The molecule has 0 unspecified atom stereocenters. The number of aromatic nitrogens is 4. The second-order valence-corrected chi connectivity index (χ2v) is 6.49. The minimum absolute atomic E-state index is 0.227. The van der Waals surface area contributed by atoms with E-state index in [1.54, 1.807) is 0 Å². The molecule has 0 radical (unpaired) electrons. The number of rotatable bonds is 6. The van der Waals surface area contributed by atoms with Gasteiger partial charge in [0.2, 0.25) is 5.82 Å². The number of esters is 1. The summed E-state index contributed by atoms with van der Waals surface area (Å²) in [6.07, 6.45) is 0. The molecule has 0 saturated carbocycles. The number of carbonyl (C=O) groups is 2. The van der Waals surface area contributed by atoms with Gasteiger partial charge < -0.3 is 10.1 Å². The summed E-state index contributed by atoms with van der Waals surface area (Å²) in [5.41, 5.74) is 4.53. The highest BCUT2D eigenvalue weighted by molar-refractivity contribution is 5.94. The number of hydrogen-bond donors (Lipinski definition) is 1. The Morgan fingerprint density at radius 2 is 1.71 bits per heavy atom. The Labute approximate surface area is 162 Å². The SMILES string of the molecule is Cc1ccc(-c2nnn(CC(=O)OCC(=O)Nc3c(C)cccc3C)n2)cc1. The molecule has 0 aliphatic heterocycles. The zero-order valence-electron chi connectivity index (χ0n) is 16.0. The highest BCUT2D eigenvalue weighted by atomic mass is 16.5. The minimum atomic E-state index is -0.621. The van der Waals surface area contributed by atoms with E-state index in [4.69, 9.17) is 4.74 Å². The fraction of sp³-hybridized carbons (Fsp3) is 0.250. The fourth-order valence-corrected chi connectivity index (χ4v) is 2.62. The van der Waals surface area contributed by atoms with Crippen molar-refractivity contribution in [2.75, 3.05) is 11.9 Å². The molecule has 8 heteroatoms. The summed E-state index contributed by atoms with van der Waals surface area (Å²) in [5.74, 6) is -0.609. The maximum atomic E-state index is 12.1. The second-order valence-electron chi connectivity index (χ2n) is 6.49. The molecule has 28 heavy (non-hydrogen) atoms. The highest BCUT2D eigenvalue weighted by Crippen LogP contribution is 2.19. The van der Waals surface area contributed by atoms with Crippen LogP contribution in [0.25, 0.3) is 11.4 Å². The zero-order valence-corrected chi connectivity index (χ0v) is 16.0. The number of para-hydroxylation sites is 1. The maximum absolute atomic E-state index is 12.1. The average molecular weight is 379 g/mol. The molecule has 0 fully saturated rings. The molecule has 0 saturated heterocycles. The first-order valence-corrected chi connectivity index (χ1v) is 8.79. The van der Waals surface area contributed by atoms with Gasteiger partial charge in [0.1, 0.15) is 0 Å². The molecule has 0 bridgehead atoms. The number of carbonyl (C=O) groups excluding carboxylic acids is 2. The molecule has 0 aliphatic carbocycles. The lowest BCUT2D eigenvalue weighted by atomic mass is 10.1. The van der Waals surface area contributed by atoms with Gasteiger partial charge in [0, 0.05) is 11.3 Å². The zero-order chi connectivity index (χ0) is 20.1. The van der Waals surface area contributed by atoms with Gasteiger partial charge in [-0.15, -0.1) is 10.2 Å². The number of ether oxygens (including phenoxy) is 1. The molecule has 0 aliphatic rings. The molecule has 0 atom stereocenters. The van der Waals surface area contributed by atoms with Crippen molar-refractivity contribution in [2.24, 2.45) is 0 Å². The minimum Gasteiger partial charge on any atom is -0.454 e. The number of nitrogens with zero attached hydrogens (tertiary/aromatic N) is 4. The maximum Gasteiger partial charge on any atom is 0.330 e. The first-order valence-electron chi connectivity index (χ1n) is 8.79. The number of nitrogens with one attached hydrogen (secondary N) is 1. The summed E-state index contributed by atoms with van der Waals surface area (Å²) in [7, 11) is 0. The van der Waals surface area contributed by atoms with E-state index in [0.29, 0.717) is 5.82 Å². The number of amides is 1. The lowest BCUT2D eigenvalue weighted by Gasteiger charge is -2.11. The molecule has 3 aromatic rings. The fourth-order valence-electron chi connectivity index (χ4n) is 2.62. The summed E-state index contributed by atoms with van der Waals surface area (Å²) in [5, 5.41) is 14.7. The summed E-state index contributed by atoms with van der Waals surface area (Å²) in [6, 6.07) is 13.4. The molecule has 8 nitrogen and oxygen atoms in total. The van der Waals surface area contributed by atoms with Gasteiger partial charge in [0.15, 0.2) is 13.2 Å². The Morgan fingerprint density at radius 3 is 2.39 bits per heavy atom. The second kappa shape index (κ2) is 8.43. The van der Waals surface area contributed by atoms with Gasteiger partial charge in [-0.25, -0.2) is 4.79 Å². The van der Waals surface area contributed by atoms with Crippen molar-refractivity contribution in [3.63, 3.8) is 0 Å². The van der Waals surface area contributed by atoms with Gasteiger partial charge in [-0.05, 0) is 37.1 Å². The molecule has 1 heterocycles. The normalized spacial score (nSPS) is 10.5. The Kier molecular flexibility index (Phi) is 5.78. The third-order valence-corrected chi connectivity index (χ3v) is 4.14. The van der Waals surface area contributed by atoms with E-state index in [1.165, 1.54) is 0 Å². The Morgan fingerprint density at radius 1 is 1.04 bits per heavy atom. The Bertz CT molecular complexity index is 975. The van der Waals surface area contributed by atoms with Crippen molar-refractivity contribution >= 4 is 17.6 Å². The quantitative estimate of drug-likeness (QED) is 0.661. The molecule has 1 amide bonds. The first kappa shape index (κ1) is 19.2. The molecular formula is C20H21N5O3. The number of anilines is 1. The standard InChI is InChI=1S/C20H21N5O3/c1-13-7-9-16(10-8-13)20-22-24-25(23-20)11-18(27)28-12-17(26)21-19-14(2)5-4-6-15(19)3/h4-10H,11-12H2,1-3H3,(H,21,26). The Balaban J connectivity index is 1.52. The third kappa shape index (κ3) is 4.79. The summed E-state index contributed by atoms with van der Waals surface area (Å²) in [4.78, 5) is 25.2. The molecule has 1 N–H and O–H groups in total. The largest absolute Gasteiger partial charge is 0.454 e. The van der Waals surface area contributed by atoms with Gasteiger partial charge in [-0.2, -0.15) is 4.80 Å². The van der Waals surface area contributed by atoms with E-state index >= 15 is 0 Å². The van der Waals surface area contributed by atoms with Crippen LogP contribution >= 0.6 is 0 Å². The summed E-state index contributed by atoms with van der Waals surface area (Å²) >= 11 is 0. The van der Waals surface area contributed by atoms with Crippen LogP contribution in [0.2, 0.25) is 0 Å². The predicted molar refractivity (Wildman–Crippen MR) is 103 cm³/mol. The number of hydrogen-bond acceptors (Lipinski definition) is 6. The molecular weight excluding hydrogens is 358 g/mol. The predicted octanol–water partition coefficient (Wildman–Crippen LogP) is 2.45. The number of tetrazole rings is 1. The van der Waals surface area contributed by atoms with E-state index in [1.807, 2.05) is 63.2 Å². The first-order chi connectivity index (χ1) is 13.4. The van der Waals surface area contributed by atoms with Crippen LogP contribution < -0.4 is 5.32 Å². The van der Waals surface area contributed by atoms with Gasteiger partial charge >= 0.3 is 5.97 Å². The van der Waals surface area contributed by atoms with Crippen molar-refractivity contribution < 1.29 is 14.3 Å². The molecule has 144 valence electrons. The third-order valence-electron chi connectivity index (χ3n) is 4.14. The van der Waals surface area contributed by atoms with E-state index in [9.17, 15) is 9.59 Å². The molecule has 0 spiro atoms. The van der Waals surface area contributed by atoms with E-state index in [-0.39, 0.29) is 13.2 Å².